The van der Waals surface area contributed by atoms with Crippen molar-refractivity contribution in [1.82, 2.24) is 0 Å². The highest BCUT2D eigenvalue weighted by Gasteiger charge is 2.47. The number of hydrogen-bond donors (Lipinski definition) is 0. The van der Waals surface area contributed by atoms with E-state index in [1.807, 2.05) is 24.3 Å². The Morgan fingerprint density at radius 1 is 1.32 bits per heavy atom. The van der Waals surface area contributed by atoms with Crippen molar-refractivity contribution in [1.29, 1.82) is 0 Å². The van der Waals surface area contributed by atoms with Crippen LogP contribution in [0.2, 0.25) is 0 Å². The Morgan fingerprint density at radius 3 is 2.73 bits per heavy atom. The fraction of sp³-hybridized carbons (Fsp3) is 0.533. The number of para-hydroxylation sites is 2. The van der Waals surface area contributed by atoms with E-state index < -0.39 is 9.84 Å². The molecule has 2 heterocycles. The molecular formula is C15H20N2O3S2. The summed E-state index contributed by atoms with van der Waals surface area (Å²) in [6.07, 6.45) is 0. The zero-order chi connectivity index (χ0) is 15.9. The number of amidine groups is 1. The summed E-state index contributed by atoms with van der Waals surface area (Å²) in [5.74, 6) is 1.04. The van der Waals surface area contributed by atoms with Gasteiger partial charge in [-0.05, 0) is 12.1 Å². The largest absolute Gasteiger partial charge is 0.495 e. The lowest BCUT2D eigenvalue weighted by molar-refractivity contribution is 0.415. The number of hydrogen-bond acceptors (Lipinski definition) is 6. The molecule has 5 nitrogen and oxygen atoms in total. The summed E-state index contributed by atoms with van der Waals surface area (Å²) >= 11 is 1.67. The van der Waals surface area contributed by atoms with Crippen molar-refractivity contribution >= 4 is 32.5 Å². The fourth-order valence-electron chi connectivity index (χ4n) is 2.93. The average molecular weight is 340 g/mol. The van der Waals surface area contributed by atoms with Gasteiger partial charge in [-0.25, -0.2) is 8.42 Å². The molecular weight excluding hydrogens is 320 g/mol. The number of benzene rings is 1. The normalized spacial score (nSPS) is 26.2. The van der Waals surface area contributed by atoms with Crippen molar-refractivity contribution in [2.45, 2.75) is 31.2 Å². The van der Waals surface area contributed by atoms with Crippen molar-refractivity contribution in [2.24, 2.45) is 4.99 Å². The number of fused-ring (bicyclic) bond motifs is 1. The van der Waals surface area contributed by atoms with E-state index in [2.05, 4.69) is 23.7 Å². The molecule has 0 saturated carbocycles. The third kappa shape index (κ3) is 2.84. The molecule has 1 saturated heterocycles. The van der Waals surface area contributed by atoms with E-state index in [1.165, 1.54) is 0 Å². The summed E-state index contributed by atoms with van der Waals surface area (Å²) in [7, 11) is -1.39. The Kier molecular flexibility index (Phi) is 4.11. The molecule has 22 heavy (non-hydrogen) atoms. The van der Waals surface area contributed by atoms with Crippen LogP contribution >= 0.6 is 11.8 Å². The number of thioether (sulfide) groups is 1. The molecule has 0 radical (unpaired) electrons. The standard InChI is InChI=1S/C15H20N2O3S2/c1-10(2)21-15-16-11-8-22(18,19)9-13(11)17(15)12-6-4-5-7-14(12)20-3/h4-7,10-11,13H,8-9H2,1-3H3/t11-,13-/m1/s1. The van der Waals surface area contributed by atoms with E-state index in [1.54, 1.807) is 18.9 Å². The second kappa shape index (κ2) is 5.77. The third-order valence-corrected chi connectivity index (χ3v) is 6.48. The molecule has 3 rings (SSSR count). The van der Waals surface area contributed by atoms with Gasteiger partial charge in [-0.1, -0.05) is 37.7 Å². The summed E-state index contributed by atoms with van der Waals surface area (Å²) in [6, 6.07) is 7.41. The molecule has 0 N–H and O–H groups in total. The molecule has 0 spiro atoms. The molecule has 0 aromatic heterocycles. The maximum absolute atomic E-state index is 12.0. The van der Waals surface area contributed by atoms with Gasteiger partial charge in [0.25, 0.3) is 0 Å². The van der Waals surface area contributed by atoms with Crippen LogP contribution in [-0.4, -0.2) is 49.5 Å². The van der Waals surface area contributed by atoms with E-state index >= 15 is 0 Å². The molecule has 0 bridgehead atoms. The first kappa shape index (κ1) is 15.7. The van der Waals surface area contributed by atoms with Crippen LogP contribution in [0.5, 0.6) is 5.75 Å². The highest BCUT2D eigenvalue weighted by atomic mass is 32.2. The van der Waals surface area contributed by atoms with Gasteiger partial charge in [0.15, 0.2) is 15.0 Å². The molecule has 1 aromatic rings. The number of rotatable bonds is 3. The van der Waals surface area contributed by atoms with Gasteiger partial charge in [0, 0.05) is 5.25 Å². The fourth-order valence-corrected chi connectivity index (χ4v) is 5.74. The maximum atomic E-state index is 12.0. The maximum Gasteiger partial charge on any atom is 0.164 e. The second-order valence-electron chi connectivity index (χ2n) is 5.83. The summed E-state index contributed by atoms with van der Waals surface area (Å²) in [5.41, 5.74) is 0.890. The monoisotopic (exact) mass is 340 g/mol. The van der Waals surface area contributed by atoms with Crippen LogP contribution in [-0.2, 0) is 9.84 Å². The van der Waals surface area contributed by atoms with E-state index in [-0.39, 0.29) is 23.6 Å². The summed E-state index contributed by atoms with van der Waals surface area (Å²) in [5, 5.41) is 1.27. The smallest absolute Gasteiger partial charge is 0.164 e. The van der Waals surface area contributed by atoms with Gasteiger partial charge in [-0.15, -0.1) is 0 Å². The third-order valence-electron chi connectivity index (χ3n) is 3.79. The van der Waals surface area contributed by atoms with Crippen LogP contribution < -0.4 is 9.64 Å². The molecule has 0 amide bonds. The lowest BCUT2D eigenvalue weighted by Gasteiger charge is -2.28. The average Bonchev–Trinajstić information content (AvgIpc) is 2.89. The zero-order valence-corrected chi connectivity index (χ0v) is 14.5. The van der Waals surface area contributed by atoms with E-state index in [0.29, 0.717) is 5.25 Å². The molecule has 2 atom stereocenters. The van der Waals surface area contributed by atoms with Gasteiger partial charge in [0.1, 0.15) is 5.75 Å². The first-order valence-corrected chi connectivity index (χ1v) is 9.98. The van der Waals surface area contributed by atoms with Crippen molar-refractivity contribution in [2.75, 3.05) is 23.5 Å². The van der Waals surface area contributed by atoms with Gasteiger partial charge in [-0.3, -0.25) is 4.99 Å². The van der Waals surface area contributed by atoms with Crippen molar-refractivity contribution in [3.05, 3.63) is 24.3 Å². The Balaban J connectivity index is 2.03. The molecule has 0 unspecified atom stereocenters. The molecule has 7 heteroatoms. The molecule has 0 aliphatic carbocycles. The lowest BCUT2D eigenvalue weighted by Crippen LogP contribution is -2.39. The Labute approximate surface area is 135 Å². The van der Waals surface area contributed by atoms with E-state index in [0.717, 1.165) is 16.6 Å². The zero-order valence-electron chi connectivity index (χ0n) is 12.9. The van der Waals surface area contributed by atoms with Crippen LogP contribution in [0.4, 0.5) is 5.69 Å². The summed E-state index contributed by atoms with van der Waals surface area (Å²) in [6.45, 7) is 4.22. The first-order chi connectivity index (χ1) is 10.4. The van der Waals surface area contributed by atoms with Gasteiger partial charge < -0.3 is 9.64 Å². The number of methoxy groups -OCH3 is 1. The number of ether oxygens (including phenoxy) is 1. The number of nitrogens with zero attached hydrogens (tertiary/aromatic N) is 2. The van der Waals surface area contributed by atoms with E-state index in [9.17, 15) is 8.42 Å². The van der Waals surface area contributed by atoms with Crippen LogP contribution in [0.15, 0.2) is 29.3 Å². The second-order valence-corrected chi connectivity index (χ2v) is 9.53. The topological polar surface area (TPSA) is 59.0 Å². The lowest BCUT2D eigenvalue weighted by atomic mass is 10.1. The molecule has 2 aliphatic rings. The number of sulfone groups is 1. The van der Waals surface area contributed by atoms with Crippen LogP contribution in [0.25, 0.3) is 0 Å². The van der Waals surface area contributed by atoms with Gasteiger partial charge >= 0.3 is 0 Å². The minimum atomic E-state index is -3.02. The van der Waals surface area contributed by atoms with Crippen molar-refractivity contribution in [3.63, 3.8) is 0 Å². The minimum Gasteiger partial charge on any atom is -0.495 e. The van der Waals surface area contributed by atoms with Crippen LogP contribution in [0, 0.1) is 0 Å². The highest BCUT2D eigenvalue weighted by molar-refractivity contribution is 8.14. The summed E-state index contributed by atoms with van der Waals surface area (Å²) < 4.78 is 29.4. The number of aliphatic imine (C=N–C) groups is 1. The van der Waals surface area contributed by atoms with Crippen molar-refractivity contribution in [3.8, 4) is 5.75 Å². The van der Waals surface area contributed by atoms with Crippen LogP contribution in [0.3, 0.4) is 0 Å². The van der Waals surface area contributed by atoms with Crippen LogP contribution in [0.1, 0.15) is 13.8 Å². The van der Waals surface area contributed by atoms with Gasteiger partial charge in [0.2, 0.25) is 0 Å². The van der Waals surface area contributed by atoms with Crippen molar-refractivity contribution < 1.29 is 13.2 Å². The minimum absolute atomic E-state index is 0.123. The Morgan fingerprint density at radius 2 is 2.05 bits per heavy atom. The van der Waals surface area contributed by atoms with Gasteiger partial charge in [-0.2, -0.15) is 0 Å². The van der Waals surface area contributed by atoms with E-state index in [4.69, 9.17) is 4.74 Å². The molecule has 120 valence electrons. The Bertz CT molecular complexity index is 700. The molecule has 2 aliphatic heterocycles. The van der Waals surface area contributed by atoms with Gasteiger partial charge in [0.05, 0.1) is 36.4 Å². The number of anilines is 1. The Hall–Kier alpha value is -1.21. The predicted octanol–water partition coefficient (Wildman–Crippen LogP) is 2.18. The molecule has 1 aromatic carbocycles. The summed E-state index contributed by atoms with van der Waals surface area (Å²) in [4.78, 5) is 6.74. The predicted molar refractivity (Wildman–Crippen MR) is 91.9 cm³/mol. The highest BCUT2D eigenvalue weighted by Crippen LogP contribution is 2.39. The molecule has 1 fully saturated rings. The quantitative estimate of drug-likeness (QED) is 0.844. The SMILES string of the molecule is COc1ccccc1N1C(SC(C)C)=N[C@@H]2CS(=O)(=O)C[C@H]21. The first-order valence-electron chi connectivity index (χ1n) is 7.28.